The number of aliphatic hydroxyl groups excluding tert-OH is 1. The molecule has 65 valence electrons. The van der Waals surface area contributed by atoms with Crippen LogP contribution in [0.4, 0.5) is 4.39 Å². The van der Waals surface area contributed by atoms with E-state index in [9.17, 15) is 4.39 Å². The molecule has 12 heavy (non-hydrogen) atoms. The number of hydrogen-bond acceptors (Lipinski definition) is 2. The molecule has 0 spiro atoms. The zero-order valence-corrected chi connectivity index (χ0v) is 6.75. The zero-order valence-electron chi connectivity index (χ0n) is 6.75. The third-order valence-electron chi connectivity index (χ3n) is 1.43. The maximum absolute atomic E-state index is 13.1. The Labute approximate surface area is 70.6 Å². The average molecular weight is 169 g/mol. The van der Waals surface area contributed by atoms with Gasteiger partial charge in [-0.05, 0) is 13.0 Å². The van der Waals surface area contributed by atoms with E-state index in [1.54, 1.807) is 13.0 Å². The molecule has 1 N–H and O–H groups in total. The summed E-state index contributed by atoms with van der Waals surface area (Å²) in [5.41, 5.74) is 0.140. The molecule has 2 nitrogen and oxygen atoms in total. The summed E-state index contributed by atoms with van der Waals surface area (Å²) in [6.45, 7) is 2.90. The molecular formula is C9H10FO2. The van der Waals surface area contributed by atoms with Crippen molar-refractivity contribution in [1.29, 1.82) is 0 Å². The summed E-state index contributed by atoms with van der Waals surface area (Å²) in [5, 5.41) is 8.59. The van der Waals surface area contributed by atoms with Crippen LogP contribution in [0, 0.1) is 12.4 Å². The normalized spacial score (nSPS) is 9.92. The second kappa shape index (κ2) is 4.07. The minimum Gasteiger partial charge on any atom is -0.491 e. The summed E-state index contributed by atoms with van der Waals surface area (Å²) in [7, 11) is 0. The van der Waals surface area contributed by atoms with Crippen LogP contribution in [-0.2, 0) is 0 Å². The molecule has 0 bridgehead atoms. The molecular weight excluding hydrogens is 159 g/mol. The van der Waals surface area contributed by atoms with Crippen LogP contribution in [0.3, 0.4) is 0 Å². The Hall–Kier alpha value is -1.09. The zero-order chi connectivity index (χ0) is 8.97. The first kappa shape index (κ1) is 9.00. The van der Waals surface area contributed by atoms with Crippen molar-refractivity contribution in [2.24, 2.45) is 0 Å². The van der Waals surface area contributed by atoms with E-state index in [4.69, 9.17) is 9.84 Å². The van der Waals surface area contributed by atoms with E-state index < -0.39 is 5.82 Å². The number of benzene rings is 1. The second-order valence-electron chi connectivity index (χ2n) is 2.22. The Balaban J connectivity index is 2.97. The number of halogens is 1. The second-order valence-corrected chi connectivity index (χ2v) is 2.22. The van der Waals surface area contributed by atoms with Gasteiger partial charge in [-0.2, -0.15) is 0 Å². The summed E-state index contributed by atoms with van der Waals surface area (Å²) in [5.74, 6) is -0.359. The topological polar surface area (TPSA) is 29.5 Å². The average Bonchev–Trinajstić information content (AvgIpc) is 2.09. The molecule has 0 unspecified atom stereocenters. The summed E-state index contributed by atoms with van der Waals surface area (Å²) >= 11 is 0. The predicted molar refractivity (Wildman–Crippen MR) is 42.9 cm³/mol. The first-order valence-corrected chi connectivity index (χ1v) is 3.68. The minimum atomic E-state index is -0.526. The minimum absolute atomic E-state index is 0.140. The van der Waals surface area contributed by atoms with Crippen LogP contribution in [0.2, 0.25) is 0 Å². The molecule has 3 heteroatoms. The van der Waals surface area contributed by atoms with Crippen LogP contribution in [-0.4, -0.2) is 11.7 Å². The van der Waals surface area contributed by atoms with Gasteiger partial charge in [0, 0.05) is 5.56 Å². The van der Waals surface area contributed by atoms with Crippen molar-refractivity contribution >= 4 is 0 Å². The molecule has 0 aliphatic carbocycles. The van der Waals surface area contributed by atoms with Gasteiger partial charge in [-0.1, -0.05) is 12.1 Å². The van der Waals surface area contributed by atoms with Gasteiger partial charge in [-0.15, -0.1) is 0 Å². The monoisotopic (exact) mass is 169 g/mol. The van der Waals surface area contributed by atoms with Crippen molar-refractivity contribution in [3.05, 3.63) is 36.2 Å². The van der Waals surface area contributed by atoms with Crippen LogP contribution >= 0.6 is 0 Å². The van der Waals surface area contributed by atoms with Gasteiger partial charge in [0.05, 0.1) is 6.61 Å². The summed E-state index contributed by atoms with van der Waals surface area (Å²) in [4.78, 5) is 0. The van der Waals surface area contributed by atoms with Crippen LogP contribution in [0.5, 0.6) is 5.75 Å². The molecule has 0 atom stereocenters. The Morgan fingerprint density at radius 2 is 2.33 bits per heavy atom. The quantitative estimate of drug-likeness (QED) is 0.750. The van der Waals surface area contributed by atoms with Gasteiger partial charge in [0.15, 0.2) is 11.6 Å². The molecule has 1 radical (unpaired) electrons. The number of aliphatic hydroxyl groups is 1. The number of ether oxygens (including phenoxy) is 1. The molecule has 0 fully saturated rings. The van der Waals surface area contributed by atoms with Crippen LogP contribution in [0.15, 0.2) is 18.2 Å². The van der Waals surface area contributed by atoms with Gasteiger partial charge >= 0.3 is 0 Å². The number of hydrogen-bond donors (Lipinski definition) is 1. The Bertz CT molecular complexity index is 261. The maximum Gasteiger partial charge on any atom is 0.170 e. The maximum atomic E-state index is 13.1. The molecule has 0 aromatic heterocycles. The lowest BCUT2D eigenvalue weighted by molar-refractivity contribution is 0.318. The van der Waals surface area contributed by atoms with E-state index in [2.05, 4.69) is 0 Å². The molecule has 0 aliphatic heterocycles. The van der Waals surface area contributed by atoms with Gasteiger partial charge in [0.2, 0.25) is 0 Å². The van der Waals surface area contributed by atoms with Crippen molar-refractivity contribution < 1.29 is 14.2 Å². The highest BCUT2D eigenvalue weighted by Crippen LogP contribution is 2.20. The molecule has 1 rings (SSSR count). The van der Waals surface area contributed by atoms with E-state index in [0.717, 1.165) is 6.61 Å². The van der Waals surface area contributed by atoms with E-state index in [0.29, 0.717) is 6.61 Å². The lowest BCUT2D eigenvalue weighted by Gasteiger charge is -2.05. The lowest BCUT2D eigenvalue weighted by atomic mass is 10.2. The Morgan fingerprint density at radius 3 is 2.92 bits per heavy atom. The van der Waals surface area contributed by atoms with Gasteiger partial charge in [0.1, 0.15) is 6.61 Å². The summed E-state index contributed by atoms with van der Waals surface area (Å²) in [6, 6.07) is 4.61. The highest BCUT2D eigenvalue weighted by Gasteiger charge is 2.06. The van der Waals surface area contributed by atoms with E-state index >= 15 is 0 Å². The smallest absolute Gasteiger partial charge is 0.170 e. The van der Waals surface area contributed by atoms with E-state index in [1.807, 2.05) is 0 Å². The predicted octanol–water partition coefficient (Wildman–Crippen LogP) is 2.11. The standard InChI is InChI=1S/C9H10FO2/c1-2-12-8-5-3-4-7(6-11)9(8)10/h3-6,11H,2H2,1H3. The fraction of sp³-hybridized carbons (Fsp3) is 0.222. The van der Waals surface area contributed by atoms with Gasteiger partial charge in [0.25, 0.3) is 0 Å². The van der Waals surface area contributed by atoms with Crippen molar-refractivity contribution in [2.75, 3.05) is 6.61 Å². The lowest BCUT2D eigenvalue weighted by Crippen LogP contribution is -1.97. The fourth-order valence-corrected chi connectivity index (χ4v) is 0.894. The highest BCUT2D eigenvalue weighted by atomic mass is 19.1. The van der Waals surface area contributed by atoms with Crippen molar-refractivity contribution in [3.63, 3.8) is 0 Å². The molecule has 0 heterocycles. The Kier molecular flexibility index (Phi) is 3.05. The summed E-state index contributed by atoms with van der Waals surface area (Å²) < 4.78 is 18.1. The Morgan fingerprint density at radius 1 is 1.58 bits per heavy atom. The third kappa shape index (κ3) is 1.74. The number of rotatable bonds is 3. The van der Waals surface area contributed by atoms with Crippen molar-refractivity contribution in [1.82, 2.24) is 0 Å². The molecule has 0 saturated carbocycles. The first-order valence-electron chi connectivity index (χ1n) is 3.68. The van der Waals surface area contributed by atoms with E-state index in [-0.39, 0.29) is 11.3 Å². The van der Waals surface area contributed by atoms with Crippen LogP contribution < -0.4 is 4.74 Å². The van der Waals surface area contributed by atoms with Crippen molar-refractivity contribution in [3.8, 4) is 5.75 Å². The van der Waals surface area contributed by atoms with Gasteiger partial charge in [-0.3, -0.25) is 0 Å². The van der Waals surface area contributed by atoms with Crippen molar-refractivity contribution in [2.45, 2.75) is 6.92 Å². The fourth-order valence-electron chi connectivity index (χ4n) is 0.894. The van der Waals surface area contributed by atoms with Crippen LogP contribution in [0.1, 0.15) is 12.5 Å². The SMILES string of the molecule is CCOc1cccc([CH]O)c1F. The first-order chi connectivity index (χ1) is 5.79. The van der Waals surface area contributed by atoms with Crippen LogP contribution in [0.25, 0.3) is 0 Å². The summed E-state index contributed by atoms with van der Waals surface area (Å²) in [6.07, 6.45) is 0. The molecule has 0 aliphatic rings. The third-order valence-corrected chi connectivity index (χ3v) is 1.43. The highest BCUT2D eigenvalue weighted by molar-refractivity contribution is 5.33. The van der Waals surface area contributed by atoms with Gasteiger partial charge < -0.3 is 9.84 Å². The van der Waals surface area contributed by atoms with E-state index in [1.165, 1.54) is 12.1 Å². The molecule has 1 aromatic rings. The molecule has 1 aromatic carbocycles. The molecule has 0 saturated heterocycles. The molecule has 0 amide bonds. The van der Waals surface area contributed by atoms with Gasteiger partial charge in [-0.25, -0.2) is 4.39 Å². The largest absolute Gasteiger partial charge is 0.491 e.